The van der Waals surface area contributed by atoms with Crippen LogP contribution in [-0.2, 0) is 0 Å². The van der Waals surface area contributed by atoms with Gasteiger partial charge in [-0.1, -0.05) is 13.8 Å². The van der Waals surface area contributed by atoms with Crippen LogP contribution in [0.2, 0.25) is 0 Å². The minimum absolute atomic E-state index is 0.118. The second-order valence-electron chi connectivity index (χ2n) is 4.65. The molecule has 22 heavy (non-hydrogen) atoms. The molecule has 0 aromatic carbocycles. The van der Waals surface area contributed by atoms with E-state index in [2.05, 4.69) is 15.0 Å². The minimum Gasteiger partial charge on any atom is -0.506 e. The minimum atomic E-state index is 0.118. The van der Waals surface area contributed by atoms with Crippen molar-refractivity contribution < 1.29 is 5.11 Å². The molecule has 3 heterocycles. The van der Waals surface area contributed by atoms with E-state index in [1.165, 1.54) is 0 Å². The van der Waals surface area contributed by atoms with Crippen molar-refractivity contribution in [1.29, 1.82) is 0 Å². The number of rotatable bonds is 1. The number of nitrogens with two attached hydrogens (primary N) is 1. The SMILES string of the molecule is CC.Cc1cnc(C2=NCC=C(N)c3cnccc32)c(O)c1. The monoisotopic (exact) mass is 296 g/mol. The zero-order valence-corrected chi connectivity index (χ0v) is 13.0. The molecule has 3 rings (SSSR count). The Hall–Kier alpha value is -2.69. The molecule has 0 radical (unpaired) electrons. The lowest BCUT2D eigenvalue weighted by Gasteiger charge is -2.11. The number of aliphatic imine (C=N–C) groups is 1. The van der Waals surface area contributed by atoms with E-state index in [4.69, 9.17) is 5.73 Å². The van der Waals surface area contributed by atoms with Crippen LogP contribution in [0.25, 0.3) is 5.70 Å². The van der Waals surface area contributed by atoms with Crippen molar-refractivity contribution in [2.75, 3.05) is 6.54 Å². The van der Waals surface area contributed by atoms with Crippen LogP contribution in [0, 0.1) is 6.92 Å². The molecule has 0 atom stereocenters. The Balaban J connectivity index is 0.000000847. The highest BCUT2D eigenvalue weighted by molar-refractivity contribution is 6.15. The number of fused-ring (bicyclic) bond motifs is 1. The number of aryl methyl sites for hydroxylation is 1. The summed E-state index contributed by atoms with van der Waals surface area (Å²) in [6.07, 6.45) is 6.92. The van der Waals surface area contributed by atoms with E-state index in [-0.39, 0.29) is 5.75 Å². The van der Waals surface area contributed by atoms with Crippen LogP contribution in [0.1, 0.15) is 36.2 Å². The van der Waals surface area contributed by atoms with Gasteiger partial charge in [0.25, 0.3) is 0 Å². The Labute approximate surface area is 130 Å². The second kappa shape index (κ2) is 6.85. The third-order valence-corrected chi connectivity index (χ3v) is 3.18. The molecule has 2 aromatic rings. The predicted octanol–water partition coefficient (Wildman–Crippen LogP) is 2.67. The molecule has 0 amide bonds. The van der Waals surface area contributed by atoms with E-state index in [1.54, 1.807) is 24.7 Å². The van der Waals surface area contributed by atoms with Gasteiger partial charge in [-0.05, 0) is 30.7 Å². The number of aromatic nitrogens is 2. The third kappa shape index (κ3) is 2.98. The Bertz CT molecular complexity index is 735. The summed E-state index contributed by atoms with van der Waals surface area (Å²) in [5, 5.41) is 10.1. The molecule has 0 unspecified atom stereocenters. The van der Waals surface area contributed by atoms with Crippen LogP contribution < -0.4 is 5.73 Å². The highest BCUT2D eigenvalue weighted by Crippen LogP contribution is 2.25. The zero-order valence-electron chi connectivity index (χ0n) is 13.0. The molecule has 0 bridgehead atoms. The molecule has 0 aliphatic carbocycles. The molecular weight excluding hydrogens is 276 g/mol. The first-order valence-corrected chi connectivity index (χ1v) is 7.27. The van der Waals surface area contributed by atoms with Gasteiger partial charge in [0.1, 0.15) is 11.4 Å². The Kier molecular flexibility index (Phi) is 4.88. The number of hydrogen-bond acceptors (Lipinski definition) is 5. The highest BCUT2D eigenvalue weighted by Gasteiger charge is 2.19. The molecule has 114 valence electrons. The van der Waals surface area contributed by atoms with Gasteiger partial charge in [-0.3, -0.25) is 15.0 Å². The first-order chi connectivity index (χ1) is 10.7. The second-order valence-corrected chi connectivity index (χ2v) is 4.65. The fourth-order valence-corrected chi connectivity index (χ4v) is 2.20. The van der Waals surface area contributed by atoms with Crippen LogP contribution in [0.3, 0.4) is 0 Å². The predicted molar refractivity (Wildman–Crippen MR) is 88.9 cm³/mol. The van der Waals surface area contributed by atoms with Crippen molar-refractivity contribution in [3.63, 3.8) is 0 Å². The Morgan fingerprint density at radius 1 is 1.18 bits per heavy atom. The van der Waals surface area contributed by atoms with Gasteiger partial charge in [-0.2, -0.15) is 0 Å². The van der Waals surface area contributed by atoms with E-state index in [1.807, 2.05) is 32.9 Å². The largest absolute Gasteiger partial charge is 0.506 e. The van der Waals surface area contributed by atoms with Crippen molar-refractivity contribution in [1.82, 2.24) is 9.97 Å². The lowest BCUT2D eigenvalue weighted by molar-refractivity contribution is 0.471. The van der Waals surface area contributed by atoms with Crippen molar-refractivity contribution in [3.05, 3.63) is 59.2 Å². The molecule has 0 fully saturated rings. The summed E-state index contributed by atoms with van der Waals surface area (Å²) >= 11 is 0. The van der Waals surface area contributed by atoms with Crippen molar-refractivity contribution in [2.45, 2.75) is 20.8 Å². The van der Waals surface area contributed by atoms with Crippen LogP contribution in [0.4, 0.5) is 0 Å². The number of aromatic hydroxyl groups is 1. The summed E-state index contributed by atoms with van der Waals surface area (Å²) in [7, 11) is 0. The lowest BCUT2D eigenvalue weighted by Crippen LogP contribution is -2.10. The van der Waals surface area contributed by atoms with Gasteiger partial charge in [-0.15, -0.1) is 0 Å². The van der Waals surface area contributed by atoms with Crippen molar-refractivity contribution in [3.8, 4) is 5.75 Å². The van der Waals surface area contributed by atoms with Gasteiger partial charge >= 0.3 is 0 Å². The van der Waals surface area contributed by atoms with Gasteiger partial charge < -0.3 is 10.8 Å². The molecule has 0 saturated heterocycles. The van der Waals surface area contributed by atoms with E-state index >= 15 is 0 Å². The topological polar surface area (TPSA) is 84.4 Å². The maximum Gasteiger partial charge on any atom is 0.143 e. The number of nitrogens with zero attached hydrogens (tertiary/aromatic N) is 3. The third-order valence-electron chi connectivity index (χ3n) is 3.18. The van der Waals surface area contributed by atoms with Gasteiger partial charge in [0, 0.05) is 35.4 Å². The fourth-order valence-electron chi connectivity index (χ4n) is 2.20. The van der Waals surface area contributed by atoms with E-state index in [0.717, 1.165) is 16.7 Å². The van der Waals surface area contributed by atoms with Crippen LogP contribution in [0.15, 0.2) is 41.8 Å². The van der Waals surface area contributed by atoms with Gasteiger partial charge in [0.05, 0.1) is 12.3 Å². The molecular formula is C17H20N4O. The smallest absolute Gasteiger partial charge is 0.143 e. The summed E-state index contributed by atoms with van der Waals surface area (Å²) in [4.78, 5) is 12.9. The van der Waals surface area contributed by atoms with E-state index < -0.39 is 0 Å². The summed E-state index contributed by atoms with van der Waals surface area (Å²) in [6, 6.07) is 3.51. The summed E-state index contributed by atoms with van der Waals surface area (Å²) < 4.78 is 0. The molecule has 2 aromatic heterocycles. The van der Waals surface area contributed by atoms with Crippen molar-refractivity contribution >= 4 is 11.4 Å². The molecule has 3 N–H and O–H groups in total. The van der Waals surface area contributed by atoms with Crippen molar-refractivity contribution in [2.24, 2.45) is 10.7 Å². The van der Waals surface area contributed by atoms with Crippen LogP contribution in [0.5, 0.6) is 5.75 Å². The maximum absolute atomic E-state index is 10.1. The van der Waals surface area contributed by atoms with Crippen LogP contribution >= 0.6 is 0 Å². The van der Waals surface area contributed by atoms with E-state index in [0.29, 0.717) is 23.6 Å². The quantitative estimate of drug-likeness (QED) is 0.847. The molecule has 5 nitrogen and oxygen atoms in total. The summed E-state index contributed by atoms with van der Waals surface area (Å²) in [6.45, 7) is 6.33. The van der Waals surface area contributed by atoms with Gasteiger partial charge in [-0.25, -0.2) is 0 Å². The average Bonchev–Trinajstić information content (AvgIpc) is 2.70. The standard InChI is InChI=1S/C15H14N4O.C2H6/c1-9-6-13(20)15(19-7-9)14-10-2-4-17-8-11(10)12(16)3-5-18-14;1-2/h2-4,6-8,20H,5,16H2,1H3;1-2H3. The van der Waals surface area contributed by atoms with Crippen LogP contribution in [-0.4, -0.2) is 27.3 Å². The average molecular weight is 296 g/mol. The van der Waals surface area contributed by atoms with E-state index in [9.17, 15) is 5.11 Å². The molecule has 5 heteroatoms. The molecule has 1 aliphatic heterocycles. The first kappa shape index (κ1) is 15.7. The zero-order chi connectivity index (χ0) is 16.1. The number of pyridine rings is 2. The molecule has 0 saturated carbocycles. The maximum atomic E-state index is 10.1. The normalized spacial score (nSPS) is 13.0. The Morgan fingerprint density at radius 3 is 2.68 bits per heavy atom. The number of hydrogen-bond donors (Lipinski definition) is 2. The first-order valence-electron chi connectivity index (χ1n) is 7.27. The van der Waals surface area contributed by atoms with Gasteiger partial charge in [0.2, 0.25) is 0 Å². The molecule has 1 aliphatic rings. The van der Waals surface area contributed by atoms with Gasteiger partial charge in [0.15, 0.2) is 0 Å². The fraction of sp³-hybridized carbons (Fsp3) is 0.235. The summed E-state index contributed by atoms with van der Waals surface area (Å²) in [5.74, 6) is 0.118. The highest BCUT2D eigenvalue weighted by atomic mass is 16.3. The Morgan fingerprint density at radius 2 is 1.95 bits per heavy atom. The summed E-state index contributed by atoms with van der Waals surface area (Å²) in [5.41, 5.74) is 10.3. The molecule has 0 spiro atoms. The lowest BCUT2D eigenvalue weighted by atomic mass is 10.0.